The summed E-state index contributed by atoms with van der Waals surface area (Å²) < 4.78 is 7.53. The highest BCUT2D eigenvalue weighted by Crippen LogP contribution is 2.25. The fourth-order valence-electron chi connectivity index (χ4n) is 2.51. The molecule has 4 nitrogen and oxygen atoms in total. The lowest BCUT2D eigenvalue weighted by molar-refractivity contribution is 0.187. The monoisotopic (exact) mass is 277 g/mol. The number of methoxy groups -OCH3 is 1. The Balaban J connectivity index is 2.00. The number of imidazole rings is 1. The number of nitrogens with zero attached hydrogens (tertiary/aromatic N) is 2. The van der Waals surface area contributed by atoms with Gasteiger partial charge in [-0.1, -0.05) is 12.1 Å². The summed E-state index contributed by atoms with van der Waals surface area (Å²) in [6.07, 6.45) is 0. The van der Waals surface area contributed by atoms with Gasteiger partial charge in [0.15, 0.2) is 0 Å². The number of para-hydroxylation sites is 2. The molecular weight excluding hydrogens is 258 g/mol. The van der Waals surface area contributed by atoms with Crippen molar-refractivity contribution in [1.29, 1.82) is 0 Å². The summed E-state index contributed by atoms with van der Waals surface area (Å²) >= 11 is 1.99. The molecule has 1 aromatic heterocycles. The predicted octanol–water partition coefficient (Wildman–Crippen LogP) is 2.06. The second-order valence-corrected chi connectivity index (χ2v) is 5.83. The number of rotatable bonds is 4. The van der Waals surface area contributed by atoms with E-state index in [9.17, 15) is 0 Å². The lowest BCUT2D eigenvalue weighted by atomic mass is 10.3. The van der Waals surface area contributed by atoms with Crippen LogP contribution in [0.15, 0.2) is 24.3 Å². The third kappa shape index (κ3) is 2.63. The minimum absolute atomic E-state index is 0.350. The summed E-state index contributed by atoms with van der Waals surface area (Å²) in [4.78, 5) is 4.82. The first-order chi connectivity index (χ1) is 9.40. The Hall–Kier alpha value is -1.04. The van der Waals surface area contributed by atoms with E-state index in [1.54, 1.807) is 7.11 Å². The lowest BCUT2D eigenvalue weighted by Crippen LogP contribution is -2.32. The maximum absolute atomic E-state index is 5.23. The zero-order valence-corrected chi connectivity index (χ0v) is 11.9. The molecule has 2 aromatic rings. The number of hydrogen-bond acceptors (Lipinski definition) is 4. The molecule has 3 rings (SSSR count). The van der Waals surface area contributed by atoms with E-state index in [-0.39, 0.29) is 0 Å². The van der Waals surface area contributed by atoms with Gasteiger partial charge in [-0.05, 0) is 12.1 Å². The van der Waals surface area contributed by atoms with Crippen molar-refractivity contribution in [2.75, 3.05) is 31.8 Å². The zero-order chi connectivity index (χ0) is 13.1. The van der Waals surface area contributed by atoms with Crippen LogP contribution in [-0.4, -0.2) is 41.3 Å². The van der Waals surface area contributed by atoms with Crippen molar-refractivity contribution in [3.05, 3.63) is 30.1 Å². The van der Waals surface area contributed by atoms with Gasteiger partial charge in [0, 0.05) is 31.7 Å². The van der Waals surface area contributed by atoms with E-state index in [2.05, 4.69) is 28.1 Å². The first-order valence-electron chi connectivity index (χ1n) is 6.65. The molecule has 2 heterocycles. The molecule has 1 aliphatic heterocycles. The minimum Gasteiger partial charge on any atom is -0.383 e. The maximum Gasteiger partial charge on any atom is 0.128 e. The molecule has 1 N–H and O–H groups in total. The van der Waals surface area contributed by atoms with E-state index in [4.69, 9.17) is 9.72 Å². The molecule has 1 aliphatic rings. The fraction of sp³-hybridized carbons (Fsp3) is 0.500. The minimum atomic E-state index is 0.350. The zero-order valence-electron chi connectivity index (χ0n) is 11.1. The van der Waals surface area contributed by atoms with E-state index < -0.39 is 0 Å². The van der Waals surface area contributed by atoms with Crippen LogP contribution in [0.3, 0.4) is 0 Å². The van der Waals surface area contributed by atoms with Gasteiger partial charge in [-0.3, -0.25) is 0 Å². The molecule has 1 aromatic carbocycles. The predicted molar refractivity (Wildman–Crippen MR) is 79.7 cm³/mol. The second-order valence-electron chi connectivity index (χ2n) is 4.68. The van der Waals surface area contributed by atoms with Gasteiger partial charge in [0.05, 0.1) is 23.7 Å². The number of fused-ring (bicyclic) bond motifs is 1. The molecule has 0 radical (unpaired) electrons. The average Bonchev–Trinajstić information content (AvgIpc) is 2.85. The van der Waals surface area contributed by atoms with Crippen molar-refractivity contribution >= 4 is 22.8 Å². The fourth-order valence-corrected chi connectivity index (χ4v) is 3.44. The van der Waals surface area contributed by atoms with Crippen molar-refractivity contribution in [1.82, 2.24) is 14.9 Å². The van der Waals surface area contributed by atoms with Crippen LogP contribution < -0.4 is 5.32 Å². The van der Waals surface area contributed by atoms with Crippen LogP contribution in [0.5, 0.6) is 0 Å². The molecule has 0 saturated carbocycles. The van der Waals surface area contributed by atoms with Gasteiger partial charge in [-0.2, -0.15) is 11.8 Å². The van der Waals surface area contributed by atoms with Crippen molar-refractivity contribution < 1.29 is 4.74 Å². The molecule has 102 valence electrons. The maximum atomic E-state index is 5.23. The first kappa shape index (κ1) is 13.0. The molecule has 1 atom stereocenters. The molecule has 1 saturated heterocycles. The smallest absolute Gasteiger partial charge is 0.128 e. The standard InChI is InChI=1S/C14H19N3OS/c1-18-8-7-17-13-5-3-2-4-11(13)16-14(17)12-10-19-9-6-15-12/h2-5,12,15H,6-10H2,1H3. The van der Waals surface area contributed by atoms with Gasteiger partial charge in [0.2, 0.25) is 0 Å². The normalized spacial score (nSPS) is 19.9. The van der Waals surface area contributed by atoms with Gasteiger partial charge < -0.3 is 14.6 Å². The number of nitrogens with one attached hydrogen (secondary N) is 1. The highest BCUT2D eigenvalue weighted by Gasteiger charge is 2.21. The van der Waals surface area contributed by atoms with Crippen LogP contribution in [0.2, 0.25) is 0 Å². The number of thioether (sulfide) groups is 1. The van der Waals surface area contributed by atoms with Crippen LogP contribution in [0.25, 0.3) is 11.0 Å². The topological polar surface area (TPSA) is 39.1 Å². The number of ether oxygens (including phenoxy) is 1. The largest absolute Gasteiger partial charge is 0.383 e. The molecule has 0 bridgehead atoms. The van der Waals surface area contributed by atoms with E-state index in [1.165, 1.54) is 11.3 Å². The molecular formula is C14H19N3OS. The Morgan fingerprint density at radius 1 is 1.47 bits per heavy atom. The van der Waals surface area contributed by atoms with Gasteiger partial charge in [0.25, 0.3) is 0 Å². The van der Waals surface area contributed by atoms with E-state index in [0.717, 1.165) is 30.2 Å². The van der Waals surface area contributed by atoms with Crippen molar-refractivity contribution in [3.63, 3.8) is 0 Å². The summed E-state index contributed by atoms with van der Waals surface area (Å²) in [6.45, 7) is 2.63. The molecule has 1 unspecified atom stereocenters. The Labute approximate surface area is 117 Å². The Morgan fingerprint density at radius 2 is 2.37 bits per heavy atom. The van der Waals surface area contributed by atoms with Crippen molar-refractivity contribution in [2.45, 2.75) is 12.6 Å². The molecule has 19 heavy (non-hydrogen) atoms. The first-order valence-corrected chi connectivity index (χ1v) is 7.81. The van der Waals surface area contributed by atoms with E-state index in [0.29, 0.717) is 12.6 Å². The SMILES string of the molecule is COCCn1c(C2CSCCN2)nc2ccccc21. The summed E-state index contributed by atoms with van der Waals surface area (Å²) in [6, 6.07) is 8.68. The molecule has 1 fully saturated rings. The third-order valence-corrected chi connectivity index (χ3v) is 4.50. The quantitative estimate of drug-likeness (QED) is 0.928. The summed E-state index contributed by atoms with van der Waals surface area (Å²) in [5, 5.41) is 3.57. The number of hydrogen-bond donors (Lipinski definition) is 1. The van der Waals surface area contributed by atoms with Crippen LogP contribution >= 0.6 is 11.8 Å². The summed E-state index contributed by atoms with van der Waals surface area (Å²) in [5.41, 5.74) is 2.28. The van der Waals surface area contributed by atoms with E-state index >= 15 is 0 Å². The van der Waals surface area contributed by atoms with E-state index in [1.807, 2.05) is 17.8 Å². The highest BCUT2D eigenvalue weighted by atomic mass is 32.2. The van der Waals surface area contributed by atoms with Gasteiger partial charge in [-0.25, -0.2) is 4.98 Å². The molecule has 0 spiro atoms. The van der Waals surface area contributed by atoms with Crippen LogP contribution in [0, 0.1) is 0 Å². The van der Waals surface area contributed by atoms with Crippen LogP contribution in [0.1, 0.15) is 11.9 Å². The average molecular weight is 277 g/mol. The van der Waals surface area contributed by atoms with Gasteiger partial charge >= 0.3 is 0 Å². The Kier molecular flexibility index (Phi) is 4.06. The van der Waals surface area contributed by atoms with Crippen molar-refractivity contribution in [3.8, 4) is 0 Å². The summed E-state index contributed by atoms with van der Waals surface area (Å²) in [7, 11) is 1.74. The second kappa shape index (κ2) is 5.94. The van der Waals surface area contributed by atoms with Gasteiger partial charge in [0.1, 0.15) is 5.82 Å². The molecule has 0 aliphatic carbocycles. The molecule has 5 heteroatoms. The van der Waals surface area contributed by atoms with Gasteiger partial charge in [-0.15, -0.1) is 0 Å². The van der Waals surface area contributed by atoms with Crippen LogP contribution in [0.4, 0.5) is 0 Å². The lowest BCUT2D eigenvalue weighted by Gasteiger charge is -2.23. The number of aromatic nitrogens is 2. The third-order valence-electron chi connectivity index (χ3n) is 3.44. The summed E-state index contributed by atoms with van der Waals surface area (Å²) in [5.74, 6) is 3.43. The van der Waals surface area contributed by atoms with Crippen LogP contribution in [-0.2, 0) is 11.3 Å². The highest BCUT2D eigenvalue weighted by molar-refractivity contribution is 7.99. The molecule has 0 amide bonds. The number of benzene rings is 1. The Bertz CT molecular complexity index is 549. The van der Waals surface area contributed by atoms with Crippen molar-refractivity contribution in [2.24, 2.45) is 0 Å². The Morgan fingerprint density at radius 3 is 3.16 bits per heavy atom.